The Labute approximate surface area is 82.7 Å². The lowest BCUT2D eigenvalue weighted by Crippen LogP contribution is -2.17. The topological polar surface area (TPSA) is 13.1 Å². The monoisotopic (exact) mass is 184 g/mol. The normalized spacial score (nSPS) is 13.1. The molecular weight excluding hydrogens is 172 g/mol. The molecule has 0 aliphatic carbocycles. The Morgan fingerprint density at radius 3 is 2.86 bits per heavy atom. The molecule has 70 valence electrons. The van der Waals surface area contributed by atoms with Gasteiger partial charge in [-0.05, 0) is 13.0 Å². The van der Waals surface area contributed by atoms with Crippen molar-refractivity contribution in [2.24, 2.45) is 0 Å². The maximum Gasteiger partial charge on any atom is 0.135 e. The van der Waals surface area contributed by atoms with E-state index < -0.39 is 0 Å². The van der Waals surface area contributed by atoms with Gasteiger partial charge in [0.2, 0.25) is 0 Å². The highest BCUT2D eigenvalue weighted by molar-refractivity contribution is 5.79. The second-order valence-corrected chi connectivity index (χ2v) is 3.13. The van der Waals surface area contributed by atoms with Crippen LogP contribution in [0.15, 0.2) is 40.8 Å². The van der Waals surface area contributed by atoms with Gasteiger partial charge in [-0.2, -0.15) is 0 Å². The molecule has 2 rings (SSSR count). The van der Waals surface area contributed by atoms with Gasteiger partial charge in [0.15, 0.2) is 0 Å². The molecule has 14 heavy (non-hydrogen) atoms. The maximum atomic E-state index is 5.52. The largest absolute Gasteiger partial charge is 0.457 e. The van der Waals surface area contributed by atoms with Crippen molar-refractivity contribution in [3.05, 3.63) is 47.1 Å². The lowest BCUT2D eigenvalue weighted by Gasteiger charge is -1.83. The average molecular weight is 184 g/mol. The van der Waals surface area contributed by atoms with E-state index in [-0.39, 0.29) is 0 Å². The highest BCUT2D eigenvalue weighted by Crippen LogP contribution is 2.06. The van der Waals surface area contributed by atoms with E-state index in [4.69, 9.17) is 4.42 Å². The van der Waals surface area contributed by atoms with Gasteiger partial charge in [-0.3, -0.25) is 0 Å². The summed E-state index contributed by atoms with van der Waals surface area (Å²) in [4.78, 5) is 0. The number of furan rings is 1. The minimum atomic E-state index is 0.726. The Morgan fingerprint density at radius 1 is 1.29 bits per heavy atom. The number of hydrogen-bond donors (Lipinski definition) is 0. The van der Waals surface area contributed by atoms with Crippen molar-refractivity contribution in [2.75, 3.05) is 0 Å². The zero-order valence-corrected chi connectivity index (χ0v) is 8.16. The molecule has 0 N–H and O–H groups in total. The Bertz CT molecular complexity index is 573. The van der Waals surface area contributed by atoms with Gasteiger partial charge in [-0.15, -0.1) is 0 Å². The smallest absolute Gasteiger partial charge is 0.135 e. The second kappa shape index (κ2) is 3.54. The first-order chi connectivity index (χ1) is 6.83. The Kier molecular flexibility index (Phi) is 2.23. The van der Waals surface area contributed by atoms with E-state index in [2.05, 4.69) is 6.58 Å². The van der Waals surface area contributed by atoms with Gasteiger partial charge in [0.25, 0.3) is 0 Å². The van der Waals surface area contributed by atoms with E-state index in [1.54, 1.807) is 0 Å². The SMILES string of the molecule is C=c1oc2ccccc2/c1=C/C=C\C. The van der Waals surface area contributed by atoms with E-state index in [9.17, 15) is 0 Å². The third-order valence-corrected chi connectivity index (χ3v) is 2.17. The molecule has 0 unspecified atom stereocenters. The van der Waals surface area contributed by atoms with Gasteiger partial charge in [-0.1, -0.05) is 43.0 Å². The van der Waals surface area contributed by atoms with Crippen LogP contribution in [-0.2, 0) is 0 Å². The molecule has 0 saturated heterocycles. The number of para-hydroxylation sites is 1. The molecule has 1 aromatic heterocycles. The molecule has 0 amide bonds. The van der Waals surface area contributed by atoms with E-state index in [1.165, 1.54) is 0 Å². The summed E-state index contributed by atoms with van der Waals surface area (Å²) in [6, 6.07) is 7.97. The summed E-state index contributed by atoms with van der Waals surface area (Å²) in [5.41, 5.74) is 1.62. The quantitative estimate of drug-likeness (QED) is 0.662. The van der Waals surface area contributed by atoms with Crippen LogP contribution >= 0.6 is 0 Å². The summed E-state index contributed by atoms with van der Waals surface area (Å²) in [6.07, 6.45) is 6.00. The van der Waals surface area contributed by atoms with Crippen molar-refractivity contribution in [3.8, 4) is 0 Å². The van der Waals surface area contributed by atoms with E-state index >= 15 is 0 Å². The van der Waals surface area contributed by atoms with E-state index in [1.807, 2.05) is 49.4 Å². The number of benzene rings is 1. The van der Waals surface area contributed by atoms with Gasteiger partial charge in [0.05, 0.1) is 0 Å². The Hall–Kier alpha value is -1.76. The predicted molar refractivity (Wildman–Crippen MR) is 60.3 cm³/mol. The van der Waals surface area contributed by atoms with Crippen LogP contribution in [0, 0.1) is 0 Å². The first kappa shape index (κ1) is 8.82. The minimum Gasteiger partial charge on any atom is -0.457 e. The van der Waals surface area contributed by atoms with Crippen LogP contribution in [0.5, 0.6) is 0 Å². The second-order valence-electron chi connectivity index (χ2n) is 3.13. The molecule has 0 aliphatic heterocycles. The fraction of sp³-hybridized carbons (Fsp3) is 0.0769. The summed E-state index contributed by atoms with van der Waals surface area (Å²) in [6.45, 7) is 5.87. The first-order valence-corrected chi connectivity index (χ1v) is 4.62. The number of rotatable bonds is 1. The average Bonchev–Trinajstić information content (AvgIpc) is 2.51. The summed E-state index contributed by atoms with van der Waals surface area (Å²) >= 11 is 0. The molecule has 0 spiro atoms. The zero-order valence-electron chi connectivity index (χ0n) is 8.16. The van der Waals surface area contributed by atoms with Crippen molar-refractivity contribution >= 4 is 23.6 Å². The number of fused-ring (bicyclic) bond motifs is 1. The highest BCUT2D eigenvalue weighted by Gasteiger charge is 1.98. The fourth-order valence-electron chi connectivity index (χ4n) is 1.49. The van der Waals surface area contributed by atoms with Crippen LogP contribution in [0.1, 0.15) is 6.92 Å². The Balaban J connectivity index is 2.88. The maximum absolute atomic E-state index is 5.52. The molecule has 0 fully saturated rings. The van der Waals surface area contributed by atoms with Crippen LogP contribution in [-0.4, -0.2) is 0 Å². The van der Waals surface area contributed by atoms with Crippen molar-refractivity contribution in [1.82, 2.24) is 0 Å². The summed E-state index contributed by atoms with van der Waals surface area (Å²) in [7, 11) is 0. The first-order valence-electron chi connectivity index (χ1n) is 4.62. The van der Waals surface area contributed by atoms with Gasteiger partial charge in [-0.25, -0.2) is 0 Å². The van der Waals surface area contributed by atoms with Crippen LogP contribution in [0.4, 0.5) is 0 Å². The molecule has 1 aromatic carbocycles. The van der Waals surface area contributed by atoms with Crippen molar-refractivity contribution in [3.63, 3.8) is 0 Å². The third kappa shape index (κ3) is 1.37. The molecule has 0 atom stereocenters. The Morgan fingerprint density at radius 2 is 2.07 bits per heavy atom. The zero-order chi connectivity index (χ0) is 9.97. The predicted octanol–water partition coefficient (Wildman–Crippen LogP) is 2.20. The molecule has 0 saturated carbocycles. The standard InChI is InChI=1S/C13H12O/c1-3-4-7-11-10(2)14-13-9-6-5-8-12(11)13/h3-9H,2H2,1H3/b4-3-,11-7+. The summed E-state index contributed by atoms with van der Waals surface area (Å²) in [5, 5.41) is 2.19. The van der Waals surface area contributed by atoms with Crippen LogP contribution in [0.25, 0.3) is 23.6 Å². The van der Waals surface area contributed by atoms with Crippen molar-refractivity contribution < 1.29 is 4.42 Å². The van der Waals surface area contributed by atoms with Crippen LogP contribution in [0.3, 0.4) is 0 Å². The fourth-order valence-corrected chi connectivity index (χ4v) is 1.49. The van der Waals surface area contributed by atoms with Crippen molar-refractivity contribution in [1.29, 1.82) is 0 Å². The van der Waals surface area contributed by atoms with Gasteiger partial charge >= 0.3 is 0 Å². The summed E-state index contributed by atoms with van der Waals surface area (Å²) in [5.74, 6) is 0. The molecule has 1 heterocycles. The lowest BCUT2D eigenvalue weighted by atomic mass is 10.2. The molecular formula is C13H12O. The van der Waals surface area contributed by atoms with E-state index in [0.717, 1.165) is 21.6 Å². The third-order valence-electron chi connectivity index (χ3n) is 2.17. The van der Waals surface area contributed by atoms with Crippen molar-refractivity contribution in [2.45, 2.75) is 6.92 Å². The van der Waals surface area contributed by atoms with Crippen LogP contribution in [0.2, 0.25) is 0 Å². The van der Waals surface area contributed by atoms with Gasteiger partial charge < -0.3 is 4.42 Å². The highest BCUT2D eigenvalue weighted by atomic mass is 16.3. The molecule has 1 nitrogen and oxygen atoms in total. The summed E-state index contributed by atoms with van der Waals surface area (Å²) < 4.78 is 5.52. The van der Waals surface area contributed by atoms with Gasteiger partial charge in [0, 0.05) is 10.6 Å². The molecule has 0 aliphatic rings. The number of allylic oxidation sites excluding steroid dienone is 2. The van der Waals surface area contributed by atoms with E-state index in [0.29, 0.717) is 0 Å². The van der Waals surface area contributed by atoms with Crippen LogP contribution < -0.4 is 10.6 Å². The lowest BCUT2D eigenvalue weighted by molar-refractivity contribution is 0.577. The number of hydrogen-bond acceptors (Lipinski definition) is 1. The molecule has 2 aromatic rings. The molecule has 1 heteroatoms. The molecule has 0 radical (unpaired) electrons. The minimum absolute atomic E-state index is 0.726. The van der Waals surface area contributed by atoms with Gasteiger partial charge in [0.1, 0.15) is 11.0 Å². The molecule has 0 bridgehead atoms.